The highest BCUT2D eigenvalue weighted by atomic mass is 16.5. The molecular weight excluding hydrogens is 340 g/mol. The molecule has 2 amide bonds. The molecular formula is C21H22N4O2. The van der Waals surface area contributed by atoms with Gasteiger partial charge < -0.3 is 19.5 Å². The SMILES string of the molecule is CCOc1ccc(NC(=O)N2CCn3cccc3[C@@H]2c2cccnc2)cc1. The number of nitrogens with zero attached hydrogens (tertiary/aromatic N) is 3. The Bertz CT molecular complexity index is 905. The predicted molar refractivity (Wildman–Crippen MR) is 104 cm³/mol. The molecule has 1 atom stereocenters. The molecule has 6 nitrogen and oxygen atoms in total. The first-order valence-corrected chi connectivity index (χ1v) is 9.11. The average Bonchev–Trinajstić information content (AvgIpc) is 3.18. The summed E-state index contributed by atoms with van der Waals surface area (Å²) in [5, 5.41) is 3.01. The number of fused-ring (bicyclic) bond motifs is 1. The van der Waals surface area contributed by atoms with Crippen LogP contribution in [0.5, 0.6) is 5.75 Å². The molecule has 1 aliphatic heterocycles. The lowest BCUT2D eigenvalue weighted by molar-refractivity contribution is 0.181. The highest BCUT2D eigenvalue weighted by Crippen LogP contribution is 2.32. The molecule has 0 saturated heterocycles. The van der Waals surface area contributed by atoms with Gasteiger partial charge in [-0.3, -0.25) is 4.98 Å². The number of nitrogens with one attached hydrogen (secondary N) is 1. The van der Waals surface area contributed by atoms with Crippen LogP contribution in [0.25, 0.3) is 0 Å². The largest absolute Gasteiger partial charge is 0.494 e. The molecule has 1 aliphatic rings. The summed E-state index contributed by atoms with van der Waals surface area (Å²) in [6, 6.07) is 15.1. The smallest absolute Gasteiger partial charge is 0.322 e. The van der Waals surface area contributed by atoms with Gasteiger partial charge >= 0.3 is 6.03 Å². The van der Waals surface area contributed by atoms with E-state index in [4.69, 9.17) is 4.74 Å². The second-order valence-electron chi connectivity index (χ2n) is 6.40. The Hall–Kier alpha value is -3.28. The van der Waals surface area contributed by atoms with Gasteiger partial charge in [-0.25, -0.2) is 4.79 Å². The van der Waals surface area contributed by atoms with Crippen LogP contribution in [0.3, 0.4) is 0 Å². The molecule has 138 valence electrons. The van der Waals surface area contributed by atoms with Crippen molar-refractivity contribution in [1.82, 2.24) is 14.5 Å². The van der Waals surface area contributed by atoms with E-state index in [1.165, 1.54) is 0 Å². The van der Waals surface area contributed by atoms with Crippen LogP contribution in [0.2, 0.25) is 0 Å². The molecule has 2 aromatic heterocycles. The van der Waals surface area contributed by atoms with Gasteiger partial charge in [0.2, 0.25) is 0 Å². The fraction of sp³-hybridized carbons (Fsp3) is 0.238. The average molecular weight is 362 g/mol. The quantitative estimate of drug-likeness (QED) is 0.765. The van der Waals surface area contributed by atoms with Gasteiger partial charge in [-0.1, -0.05) is 6.07 Å². The molecule has 0 bridgehead atoms. The summed E-state index contributed by atoms with van der Waals surface area (Å²) >= 11 is 0. The van der Waals surface area contributed by atoms with Crippen molar-refractivity contribution in [3.05, 3.63) is 78.4 Å². The molecule has 0 saturated carbocycles. The Morgan fingerprint density at radius 3 is 2.78 bits per heavy atom. The van der Waals surface area contributed by atoms with E-state index in [9.17, 15) is 4.79 Å². The summed E-state index contributed by atoms with van der Waals surface area (Å²) in [6.45, 7) is 3.96. The van der Waals surface area contributed by atoms with Gasteiger partial charge in [0.25, 0.3) is 0 Å². The van der Waals surface area contributed by atoms with Crippen LogP contribution in [-0.4, -0.2) is 33.6 Å². The molecule has 3 aromatic rings. The van der Waals surface area contributed by atoms with Gasteiger partial charge in [0, 0.05) is 43.1 Å². The van der Waals surface area contributed by atoms with Crippen molar-refractivity contribution in [3.8, 4) is 5.75 Å². The van der Waals surface area contributed by atoms with E-state index in [0.29, 0.717) is 13.2 Å². The first-order chi connectivity index (χ1) is 13.3. The summed E-state index contributed by atoms with van der Waals surface area (Å²) < 4.78 is 7.65. The van der Waals surface area contributed by atoms with Gasteiger partial charge in [0.1, 0.15) is 11.8 Å². The number of urea groups is 1. The van der Waals surface area contributed by atoms with Gasteiger partial charge in [-0.15, -0.1) is 0 Å². The Morgan fingerprint density at radius 1 is 1.19 bits per heavy atom. The number of pyridine rings is 1. The number of rotatable bonds is 4. The fourth-order valence-electron chi connectivity index (χ4n) is 3.49. The van der Waals surface area contributed by atoms with Gasteiger partial charge in [-0.2, -0.15) is 0 Å². The van der Waals surface area contributed by atoms with Gasteiger partial charge in [-0.05, 0) is 55.0 Å². The standard InChI is InChI=1S/C21H22N4O2/c1-2-27-18-9-7-17(8-10-18)23-21(26)25-14-13-24-12-4-6-19(24)20(25)16-5-3-11-22-15-16/h3-12,15,20H,2,13-14H2,1H3,(H,23,26)/t20-/m0/s1. The number of aromatic nitrogens is 2. The maximum atomic E-state index is 13.0. The molecule has 0 radical (unpaired) electrons. The maximum absolute atomic E-state index is 13.0. The Labute approximate surface area is 158 Å². The summed E-state index contributed by atoms with van der Waals surface area (Å²) in [5.41, 5.74) is 2.84. The van der Waals surface area contributed by atoms with E-state index < -0.39 is 0 Å². The number of hydrogen-bond donors (Lipinski definition) is 1. The van der Waals surface area contributed by atoms with E-state index in [2.05, 4.69) is 27.1 Å². The van der Waals surface area contributed by atoms with Crippen molar-refractivity contribution in [2.24, 2.45) is 0 Å². The van der Waals surface area contributed by atoms with Crippen molar-refractivity contribution >= 4 is 11.7 Å². The summed E-state index contributed by atoms with van der Waals surface area (Å²) in [6.07, 6.45) is 5.63. The van der Waals surface area contributed by atoms with Crippen LogP contribution in [0.1, 0.15) is 24.2 Å². The number of hydrogen-bond acceptors (Lipinski definition) is 3. The molecule has 0 aliphatic carbocycles. The van der Waals surface area contributed by atoms with Crippen LogP contribution < -0.4 is 10.1 Å². The lowest BCUT2D eigenvalue weighted by Gasteiger charge is -2.37. The molecule has 0 spiro atoms. The highest BCUT2D eigenvalue weighted by molar-refractivity contribution is 5.90. The second-order valence-corrected chi connectivity index (χ2v) is 6.40. The molecule has 1 N–H and O–H groups in total. The number of benzene rings is 1. The van der Waals surface area contributed by atoms with E-state index in [1.54, 1.807) is 6.20 Å². The fourth-order valence-corrected chi connectivity index (χ4v) is 3.49. The van der Waals surface area contributed by atoms with E-state index in [1.807, 2.05) is 60.5 Å². The monoisotopic (exact) mass is 362 g/mol. The molecule has 0 unspecified atom stereocenters. The van der Waals surface area contributed by atoms with Crippen LogP contribution in [-0.2, 0) is 6.54 Å². The zero-order valence-corrected chi connectivity index (χ0v) is 15.2. The van der Waals surface area contributed by atoms with Crippen molar-refractivity contribution < 1.29 is 9.53 Å². The number of carbonyl (C=O) groups is 1. The third-order valence-corrected chi connectivity index (χ3v) is 4.72. The third kappa shape index (κ3) is 3.51. The predicted octanol–water partition coefficient (Wildman–Crippen LogP) is 3.92. The molecule has 3 heterocycles. The van der Waals surface area contributed by atoms with E-state index in [-0.39, 0.29) is 12.1 Å². The zero-order chi connectivity index (χ0) is 18.6. The van der Waals surface area contributed by atoms with Gasteiger partial charge in [0.05, 0.1) is 6.61 Å². The van der Waals surface area contributed by atoms with Crippen molar-refractivity contribution in [2.45, 2.75) is 19.5 Å². The van der Waals surface area contributed by atoms with E-state index in [0.717, 1.165) is 29.2 Å². The number of ether oxygens (including phenoxy) is 1. The number of anilines is 1. The lowest BCUT2D eigenvalue weighted by atomic mass is 10.0. The van der Waals surface area contributed by atoms with E-state index >= 15 is 0 Å². The zero-order valence-electron chi connectivity index (χ0n) is 15.2. The number of amides is 2. The summed E-state index contributed by atoms with van der Waals surface area (Å²) in [5.74, 6) is 0.791. The molecule has 1 aromatic carbocycles. The van der Waals surface area contributed by atoms with Crippen molar-refractivity contribution in [3.63, 3.8) is 0 Å². The minimum absolute atomic E-state index is 0.125. The summed E-state index contributed by atoms with van der Waals surface area (Å²) in [7, 11) is 0. The first-order valence-electron chi connectivity index (χ1n) is 9.11. The van der Waals surface area contributed by atoms with Crippen LogP contribution in [0.15, 0.2) is 67.1 Å². The second kappa shape index (κ2) is 7.53. The molecule has 0 fully saturated rings. The lowest BCUT2D eigenvalue weighted by Crippen LogP contribution is -2.44. The third-order valence-electron chi connectivity index (χ3n) is 4.72. The first kappa shape index (κ1) is 17.1. The Morgan fingerprint density at radius 2 is 2.04 bits per heavy atom. The summed E-state index contributed by atoms with van der Waals surface area (Å²) in [4.78, 5) is 19.2. The highest BCUT2D eigenvalue weighted by Gasteiger charge is 2.32. The number of carbonyl (C=O) groups excluding carboxylic acids is 1. The Balaban J connectivity index is 1.58. The van der Waals surface area contributed by atoms with Crippen LogP contribution in [0, 0.1) is 0 Å². The Kier molecular flexibility index (Phi) is 4.78. The van der Waals surface area contributed by atoms with Crippen molar-refractivity contribution in [2.75, 3.05) is 18.5 Å². The molecule has 27 heavy (non-hydrogen) atoms. The molecule has 6 heteroatoms. The minimum atomic E-state index is -0.162. The molecule has 4 rings (SSSR count). The normalized spacial score (nSPS) is 15.9. The topological polar surface area (TPSA) is 59.4 Å². The maximum Gasteiger partial charge on any atom is 0.322 e. The minimum Gasteiger partial charge on any atom is -0.494 e. The van der Waals surface area contributed by atoms with Gasteiger partial charge in [0.15, 0.2) is 0 Å². The van der Waals surface area contributed by atoms with Crippen molar-refractivity contribution in [1.29, 1.82) is 0 Å². The van der Waals surface area contributed by atoms with Crippen LogP contribution >= 0.6 is 0 Å². The van der Waals surface area contributed by atoms with Crippen LogP contribution in [0.4, 0.5) is 10.5 Å².